The maximum absolute atomic E-state index is 13.8. The van der Waals surface area contributed by atoms with Crippen LogP contribution in [0.5, 0.6) is 0 Å². The Labute approximate surface area is 163 Å². The number of methoxy groups -OCH3 is 1. The van der Waals surface area contributed by atoms with Gasteiger partial charge in [0.15, 0.2) is 5.69 Å². The minimum atomic E-state index is -5.88. The predicted octanol–water partition coefficient (Wildman–Crippen LogP) is 4.48. The van der Waals surface area contributed by atoms with Gasteiger partial charge in [-0.1, -0.05) is 0 Å². The maximum atomic E-state index is 13.8. The van der Waals surface area contributed by atoms with E-state index in [0.717, 1.165) is 0 Å². The van der Waals surface area contributed by atoms with Gasteiger partial charge in [0.2, 0.25) is 6.30 Å². The summed E-state index contributed by atoms with van der Waals surface area (Å²) in [5.41, 5.74) is -11.6. The molecule has 0 aliphatic rings. The molecule has 0 saturated heterocycles. The van der Waals surface area contributed by atoms with Crippen molar-refractivity contribution in [1.29, 1.82) is 0 Å². The van der Waals surface area contributed by atoms with E-state index in [9.17, 15) is 53.5 Å². The predicted molar refractivity (Wildman–Crippen MR) is 76.8 cm³/mol. The fourth-order valence-electron chi connectivity index (χ4n) is 1.98. The van der Waals surface area contributed by atoms with Crippen molar-refractivity contribution in [1.82, 2.24) is 4.98 Å². The molecule has 170 valence electrons. The van der Waals surface area contributed by atoms with Crippen LogP contribution in [0.25, 0.3) is 0 Å². The molecule has 1 heterocycles. The summed E-state index contributed by atoms with van der Waals surface area (Å²) in [5.74, 6) is -10.5. The number of nitrogens with one attached hydrogen (secondary N) is 1. The number of halogens is 11. The number of hydrogen-bond donors (Lipinski definition) is 2. The fraction of sp³-hybridized carbons (Fsp3) is 0.462. The minimum Gasteiger partial charge on any atom is -0.478 e. The number of pyridine rings is 1. The first kappa shape index (κ1) is 25.5. The van der Waals surface area contributed by atoms with E-state index in [-0.39, 0.29) is 0 Å². The number of aromatic nitrogens is 1. The first-order valence-corrected chi connectivity index (χ1v) is 7.35. The van der Waals surface area contributed by atoms with Crippen LogP contribution in [0, 0.1) is 0 Å². The molecular weight excluding hydrogens is 474 g/mol. The standard InChI is InChI=1S/C13H7ClF10N2O4/c1-30-8(29)3-4(25-10(17)11(18,19)9(15)16)2(7(27)28)6(13(22,23)24)26-5(3)12(14,20)21/h9-10H,1H3,(H,25,26)(H,27,28). The number of esters is 1. The van der Waals surface area contributed by atoms with Gasteiger partial charge in [0.05, 0.1) is 12.8 Å². The lowest BCUT2D eigenvalue weighted by Crippen LogP contribution is -2.43. The Morgan fingerprint density at radius 2 is 1.53 bits per heavy atom. The van der Waals surface area contributed by atoms with Crippen molar-refractivity contribution < 1.29 is 63.3 Å². The molecule has 0 amide bonds. The van der Waals surface area contributed by atoms with Gasteiger partial charge in [0.25, 0.3) is 0 Å². The molecule has 0 bridgehead atoms. The minimum absolute atomic E-state index is 0.432. The zero-order valence-electron chi connectivity index (χ0n) is 13.9. The quantitative estimate of drug-likeness (QED) is 0.259. The molecule has 1 rings (SSSR count). The van der Waals surface area contributed by atoms with Crippen LogP contribution in [-0.4, -0.2) is 47.8 Å². The second-order valence-corrected chi connectivity index (χ2v) is 5.68. The van der Waals surface area contributed by atoms with Crippen molar-refractivity contribution in [2.24, 2.45) is 0 Å². The van der Waals surface area contributed by atoms with Crippen molar-refractivity contribution in [3.8, 4) is 0 Å². The van der Waals surface area contributed by atoms with E-state index in [1.54, 1.807) is 0 Å². The second-order valence-electron chi connectivity index (χ2n) is 5.21. The monoisotopic (exact) mass is 480 g/mol. The van der Waals surface area contributed by atoms with Gasteiger partial charge >= 0.3 is 35.8 Å². The molecule has 6 nitrogen and oxygen atoms in total. The molecule has 0 fully saturated rings. The Balaban J connectivity index is 4.10. The average Bonchev–Trinajstić information content (AvgIpc) is 2.57. The Kier molecular flexibility index (Phi) is 7.07. The molecule has 1 unspecified atom stereocenters. The van der Waals surface area contributed by atoms with Gasteiger partial charge in [0, 0.05) is 0 Å². The first-order chi connectivity index (χ1) is 13.4. The van der Waals surface area contributed by atoms with Crippen LogP contribution in [0.3, 0.4) is 0 Å². The highest BCUT2D eigenvalue weighted by molar-refractivity contribution is 6.22. The van der Waals surface area contributed by atoms with Gasteiger partial charge in [-0.25, -0.2) is 27.7 Å². The molecule has 1 atom stereocenters. The van der Waals surface area contributed by atoms with Gasteiger partial charge in [-0.3, -0.25) is 0 Å². The normalized spacial score (nSPS) is 13.9. The summed E-state index contributed by atoms with van der Waals surface area (Å²) >= 11 is 4.56. The molecule has 0 saturated carbocycles. The molecule has 1 aromatic rings. The number of ether oxygens (including phenoxy) is 1. The largest absolute Gasteiger partial charge is 0.478 e. The molecule has 1 aromatic heterocycles. The van der Waals surface area contributed by atoms with E-state index in [2.05, 4.69) is 21.3 Å². The van der Waals surface area contributed by atoms with Crippen molar-refractivity contribution in [3.05, 3.63) is 22.5 Å². The number of alkyl halides is 11. The number of carbonyl (C=O) groups excluding carboxylic acids is 1. The number of carboxylic acids is 1. The van der Waals surface area contributed by atoms with Crippen molar-refractivity contribution >= 4 is 29.2 Å². The van der Waals surface area contributed by atoms with E-state index < -0.39 is 70.3 Å². The van der Waals surface area contributed by atoms with Crippen LogP contribution < -0.4 is 5.32 Å². The lowest BCUT2D eigenvalue weighted by molar-refractivity contribution is -0.163. The SMILES string of the molecule is COC(=O)c1c(C(F)(F)Cl)nc(C(F)(F)F)c(C(=O)O)c1NC(F)C(F)(F)C(F)F. The van der Waals surface area contributed by atoms with Gasteiger partial charge < -0.3 is 15.2 Å². The average molecular weight is 481 g/mol. The Hall–Kier alpha value is -2.52. The van der Waals surface area contributed by atoms with Gasteiger partial charge in [-0.2, -0.15) is 30.7 Å². The summed E-state index contributed by atoms with van der Waals surface area (Å²) < 4.78 is 135. The van der Waals surface area contributed by atoms with Gasteiger partial charge in [0.1, 0.15) is 16.8 Å². The molecule has 0 aromatic carbocycles. The van der Waals surface area contributed by atoms with E-state index in [1.807, 2.05) is 0 Å². The zero-order chi connectivity index (χ0) is 23.8. The topological polar surface area (TPSA) is 88.5 Å². The van der Waals surface area contributed by atoms with Crippen molar-refractivity contribution in [2.75, 3.05) is 12.4 Å². The molecule has 30 heavy (non-hydrogen) atoms. The van der Waals surface area contributed by atoms with E-state index in [0.29, 0.717) is 12.4 Å². The Morgan fingerprint density at radius 1 is 1.03 bits per heavy atom. The molecule has 0 radical (unpaired) electrons. The smallest absolute Gasteiger partial charge is 0.434 e. The molecule has 0 spiro atoms. The van der Waals surface area contributed by atoms with E-state index in [1.165, 1.54) is 0 Å². The van der Waals surface area contributed by atoms with Crippen LogP contribution >= 0.6 is 11.6 Å². The summed E-state index contributed by atoms with van der Waals surface area (Å²) in [4.78, 5) is 25.3. The summed E-state index contributed by atoms with van der Waals surface area (Å²) in [6.07, 6.45) is -15.0. The van der Waals surface area contributed by atoms with Crippen LogP contribution in [-0.2, 0) is 16.3 Å². The summed E-state index contributed by atoms with van der Waals surface area (Å²) in [6.45, 7) is 0. The molecule has 0 aliphatic heterocycles. The summed E-state index contributed by atoms with van der Waals surface area (Å²) in [7, 11) is 0.432. The maximum Gasteiger partial charge on any atom is 0.434 e. The number of aromatic carboxylic acids is 1. The number of hydrogen-bond acceptors (Lipinski definition) is 5. The molecular formula is C13H7ClF10N2O4. The number of rotatable bonds is 7. The third-order valence-electron chi connectivity index (χ3n) is 3.24. The lowest BCUT2D eigenvalue weighted by atomic mass is 10.0. The van der Waals surface area contributed by atoms with E-state index in [4.69, 9.17) is 5.11 Å². The van der Waals surface area contributed by atoms with Crippen molar-refractivity contribution in [3.63, 3.8) is 0 Å². The third kappa shape index (κ3) is 4.96. The van der Waals surface area contributed by atoms with Gasteiger partial charge in [-0.05, 0) is 11.6 Å². The number of carbonyl (C=O) groups is 2. The number of anilines is 1. The summed E-state index contributed by atoms with van der Waals surface area (Å²) in [6, 6.07) is 0. The second kappa shape index (κ2) is 8.31. The van der Waals surface area contributed by atoms with Crippen molar-refractivity contribution in [2.45, 2.75) is 30.2 Å². The van der Waals surface area contributed by atoms with Gasteiger partial charge in [-0.15, -0.1) is 0 Å². The highest BCUT2D eigenvalue weighted by atomic mass is 35.5. The highest BCUT2D eigenvalue weighted by Crippen LogP contribution is 2.43. The summed E-state index contributed by atoms with van der Waals surface area (Å²) in [5, 5.41) is 4.63. The third-order valence-corrected chi connectivity index (χ3v) is 3.42. The Bertz CT molecular complexity index is 841. The van der Waals surface area contributed by atoms with Crippen LogP contribution in [0.2, 0.25) is 0 Å². The number of carboxylic acid groups (broad SMARTS) is 1. The molecule has 17 heteroatoms. The van der Waals surface area contributed by atoms with Crippen LogP contribution in [0.4, 0.5) is 49.6 Å². The van der Waals surface area contributed by atoms with Crippen LogP contribution in [0.1, 0.15) is 32.1 Å². The number of nitrogens with zero attached hydrogens (tertiary/aromatic N) is 1. The zero-order valence-corrected chi connectivity index (χ0v) is 14.7. The molecule has 2 N–H and O–H groups in total. The fourth-order valence-corrected chi connectivity index (χ4v) is 2.12. The lowest BCUT2D eigenvalue weighted by Gasteiger charge is -2.26. The first-order valence-electron chi connectivity index (χ1n) is 6.97. The van der Waals surface area contributed by atoms with Crippen LogP contribution in [0.15, 0.2) is 0 Å². The highest BCUT2D eigenvalue weighted by Gasteiger charge is 2.52. The van der Waals surface area contributed by atoms with E-state index >= 15 is 0 Å². The Morgan fingerprint density at radius 3 is 1.87 bits per heavy atom. The molecule has 0 aliphatic carbocycles.